The number of aliphatic hydroxyl groups is 3. The molecule has 0 saturated carbocycles. The third kappa shape index (κ3) is 3.76. The second-order valence-corrected chi connectivity index (χ2v) is 7.92. The maximum absolute atomic E-state index is 13.4. The van der Waals surface area contributed by atoms with E-state index in [2.05, 4.69) is 21.4 Å². The molecule has 0 amide bonds. The van der Waals surface area contributed by atoms with Crippen LogP contribution in [0.5, 0.6) is 0 Å². The van der Waals surface area contributed by atoms with Gasteiger partial charge in [-0.2, -0.15) is 5.26 Å². The van der Waals surface area contributed by atoms with Crippen molar-refractivity contribution < 1.29 is 24.4 Å². The molecule has 0 spiro atoms. The van der Waals surface area contributed by atoms with Gasteiger partial charge in [0, 0.05) is 17.4 Å². The molecule has 10 heteroatoms. The zero-order valence-electron chi connectivity index (χ0n) is 17.7. The van der Waals surface area contributed by atoms with Crippen LogP contribution in [0.4, 0.5) is 15.9 Å². The lowest BCUT2D eigenvalue weighted by atomic mass is 10.0. The second-order valence-electron chi connectivity index (χ2n) is 7.92. The molecule has 1 aliphatic rings. The van der Waals surface area contributed by atoms with Crippen LogP contribution in [0.1, 0.15) is 11.8 Å². The summed E-state index contributed by atoms with van der Waals surface area (Å²) >= 11 is 0. The van der Waals surface area contributed by atoms with Gasteiger partial charge in [-0.05, 0) is 42.0 Å². The highest BCUT2D eigenvalue weighted by Crippen LogP contribution is 2.39. The first-order valence-electron chi connectivity index (χ1n) is 10.5. The van der Waals surface area contributed by atoms with Crippen LogP contribution in [0.2, 0.25) is 0 Å². The molecular formula is C24H20FN5O4. The number of halogens is 1. The van der Waals surface area contributed by atoms with E-state index in [-0.39, 0.29) is 5.82 Å². The number of ether oxygens (including phenoxy) is 1. The number of aromatic nitrogens is 3. The molecule has 0 unspecified atom stereocenters. The molecule has 2 aromatic heterocycles. The van der Waals surface area contributed by atoms with E-state index in [0.29, 0.717) is 33.7 Å². The molecule has 9 nitrogen and oxygen atoms in total. The molecule has 4 aromatic rings. The molecule has 2 aromatic carbocycles. The number of nitrogens with zero attached hydrogens (tertiary/aromatic N) is 4. The molecule has 1 aliphatic heterocycles. The average Bonchev–Trinajstić information content (AvgIpc) is 3.38. The van der Waals surface area contributed by atoms with Crippen molar-refractivity contribution in [2.45, 2.75) is 24.5 Å². The van der Waals surface area contributed by atoms with Crippen molar-refractivity contribution in [3.8, 4) is 17.2 Å². The molecule has 34 heavy (non-hydrogen) atoms. The predicted molar refractivity (Wildman–Crippen MR) is 120 cm³/mol. The lowest BCUT2D eigenvalue weighted by Crippen LogP contribution is -2.33. The number of hydrogen-bond acceptors (Lipinski definition) is 8. The van der Waals surface area contributed by atoms with Crippen molar-refractivity contribution >= 4 is 22.5 Å². The van der Waals surface area contributed by atoms with Crippen LogP contribution < -0.4 is 5.32 Å². The van der Waals surface area contributed by atoms with E-state index in [0.717, 1.165) is 5.56 Å². The number of aliphatic hydroxyl groups excluding tert-OH is 3. The van der Waals surface area contributed by atoms with Gasteiger partial charge in [0.05, 0.1) is 23.6 Å². The van der Waals surface area contributed by atoms with Gasteiger partial charge in [-0.3, -0.25) is 0 Å². The molecule has 1 saturated heterocycles. The summed E-state index contributed by atoms with van der Waals surface area (Å²) in [5.41, 5.74) is 2.95. The van der Waals surface area contributed by atoms with Crippen LogP contribution in [0.15, 0.2) is 61.1 Å². The van der Waals surface area contributed by atoms with Crippen molar-refractivity contribution in [1.82, 2.24) is 14.5 Å². The highest BCUT2D eigenvalue weighted by atomic mass is 19.1. The molecule has 3 heterocycles. The minimum absolute atomic E-state index is 0.368. The largest absolute Gasteiger partial charge is 0.394 e. The number of nitrogens with one attached hydrogen (secondary N) is 1. The fraction of sp³-hybridized carbons (Fsp3) is 0.208. The fourth-order valence-corrected chi connectivity index (χ4v) is 4.10. The van der Waals surface area contributed by atoms with Gasteiger partial charge in [-0.1, -0.05) is 12.1 Å². The van der Waals surface area contributed by atoms with Crippen molar-refractivity contribution in [2.24, 2.45) is 0 Å². The molecule has 0 radical (unpaired) electrons. The Bertz CT molecular complexity index is 1370. The van der Waals surface area contributed by atoms with Gasteiger partial charge in [0.1, 0.15) is 41.9 Å². The topological polar surface area (TPSA) is 136 Å². The van der Waals surface area contributed by atoms with Gasteiger partial charge in [0.15, 0.2) is 6.23 Å². The first-order valence-corrected chi connectivity index (χ1v) is 10.5. The minimum atomic E-state index is -1.30. The van der Waals surface area contributed by atoms with Gasteiger partial charge in [0.2, 0.25) is 0 Å². The summed E-state index contributed by atoms with van der Waals surface area (Å²) in [5, 5.41) is 43.3. The lowest BCUT2D eigenvalue weighted by molar-refractivity contribution is -0.0508. The summed E-state index contributed by atoms with van der Waals surface area (Å²) in [5.74, 6) is 0.0636. The molecule has 0 aliphatic carbocycles. The monoisotopic (exact) mass is 461 g/mol. The minimum Gasteiger partial charge on any atom is -0.394 e. The van der Waals surface area contributed by atoms with E-state index in [9.17, 15) is 19.7 Å². The molecule has 5 rings (SSSR count). The molecule has 4 atom stereocenters. The smallest absolute Gasteiger partial charge is 0.164 e. The van der Waals surface area contributed by atoms with Crippen LogP contribution in [0, 0.1) is 17.1 Å². The Balaban J connectivity index is 1.68. The van der Waals surface area contributed by atoms with E-state index in [1.807, 2.05) is 0 Å². The number of anilines is 2. The van der Waals surface area contributed by atoms with Gasteiger partial charge < -0.3 is 29.9 Å². The molecule has 172 valence electrons. The Morgan fingerprint density at radius 2 is 1.79 bits per heavy atom. The maximum Gasteiger partial charge on any atom is 0.164 e. The highest BCUT2D eigenvalue weighted by molar-refractivity contribution is 6.02. The number of fused-ring (bicyclic) bond motifs is 1. The normalized spacial score (nSPS) is 22.1. The third-order valence-electron chi connectivity index (χ3n) is 5.83. The Morgan fingerprint density at radius 3 is 2.44 bits per heavy atom. The van der Waals surface area contributed by atoms with Crippen molar-refractivity contribution in [1.29, 1.82) is 5.26 Å². The van der Waals surface area contributed by atoms with Crippen molar-refractivity contribution in [2.75, 3.05) is 11.9 Å². The Kier molecular flexibility index (Phi) is 5.69. The van der Waals surface area contributed by atoms with E-state index in [1.165, 1.54) is 18.5 Å². The Morgan fingerprint density at radius 1 is 1.06 bits per heavy atom. The van der Waals surface area contributed by atoms with E-state index in [1.54, 1.807) is 47.2 Å². The summed E-state index contributed by atoms with van der Waals surface area (Å²) in [4.78, 5) is 8.77. The zero-order chi connectivity index (χ0) is 23.8. The van der Waals surface area contributed by atoms with Crippen LogP contribution in [-0.4, -0.2) is 54.8 Å². The van der Waals surface area contributed by atoms with Gasteiger partial charge >= 0.3 is 0 Å². The second kappa shape index (κ2) is 8.81. The van der Waals surface area contributed by atoms with Crippen LogP contribution in [0.3, 0.4) is 0 Å². The van der Waals surface area contributed by atoms with Crippen LogP contribution in [-0.2, 0) is 4.74 Å². The zero-order valence-corrected chi connectivity index (χ0v) is 17.7. The van der Waals surface area contributed by atoms with Crippen molar-refractivity contribution in [3.63, 3.8) is 0 Å². The number of benzene rings is 2. The molecular weight excluding hydrogens is 441 g/mol. The van der Waals surface area contributed by atoms with Gasteiger partial charge in [0.25, 0.3) is 0 Å². The fourth-order valence-electron chi connectivity index (χ4n) is 4.10. The maximum atomic E-state index is 13.4. The number of rotatable bonds is 5. The highest BCUT2D eigenvalue weighted by Gasteiger charge is 2.44. The SMILES string of the molecule is N#Cc1ccc(-c2cn([C@@H]3O[C@H](CO)[C@H](O)[C@@H]3O)c3ncnc(Nc4ccc(F)cc4)c23)cc1. The summed E-state index contributed by atoms with van der Waals surface area (Å²) in [6.45, 7) is -0.456. The number of hydrogen-bond donors (Lipinski definition) is 4. The van der Waals surface area contributed by atoms with Gasteiger partial charge in [-0.25, -0.2) is 14.4 Å². The summed E-state index contributed by atoms with van der Waals surface area (Å²) in [7, 11) is 0. The first-order chi connectivity index (χ1) is 16.5. The summed E-state index contributed by atoms with van der Waals surface area (Å²) in [6.07, 6.45) is -1.47. The van der Waals surface area contributed by atoms with E-state index < -0.39 is 31.1 Å². The number of nitriles is 1. The van der Waals surface area contributed by atoms with Crippen molar-refractivity contribution in [3.05, 3.63) is 72.4 Å². The summed E-state index contributed by atoms with van der Waals surface area (Å²) < 4.78 is 20.7. The molecule has 0 bridgehead atoms. The van der Waals surface area contributed by atoms with E-state index >= 15 is 0 Å². The van der Waals surface area contributed by atoms with Crippen LogP contribution >= 0.6 is 0 Å². The Hall–Kier alpha value is -3.88. The van der Waals surface area contributed by atoms with Gasteiger partial charge in [-0.15, -0.1) is 0 Å². The summed E-state index contributed by atoms with van der Waals surface area (Å²) in [6, 6.07) is 14.8. The van der Waals surface area contributed by atoms with E-state index in [4.69, 9.17) is 10.00 Å². The standard InChI is InChI=1S/C24H20FN5O4/c25-15-5-7-16(8-6-15)29-22-19-17(14-3-1-13(9-26)2-4-14)10-30(23(19)28-12-27-22)24-21(33)20(32)18(11-31)34-24/h1-8,10,12,18,20-21,24,31-33H,11H2,(H,27,28,29)/t18-,20+,21+,24-/m1/s1. The molecule has 1 fully saturated rings. The predicted octanol–water partition coefficient (Wildman–Crippen LogP) is 2.46. The first kappa shape index (κ1) is 21.9. The quantitative estimate of drug-likeness (QED) is 0.356. The Labute approximate surface area is 193 Å². The third-order valence-corrected chi connectivity index (χ3v) is 5.83. The van der Waals surface area contributed by atoms with Crippen LogP contribution in [0.25, 0.3) is 22.2 Å². The lowest BCUT2D eigenvalue weighted by Gasteiger charge is -2.17. The average molecular weight is 461 g/mol. The molecule has 4 N–H and O–H groups in total.